The molecule has 0 spiro atoms. The summed E-state index contributed by atoms with van der Waals surface area (Å²) in [6.45, 7) is 8.74. The molecule has 0 saturated heterocycles. The van der Waals surface area contributed by atoms with Crippen molar-refractivity contribution in [3.05, 3.63) is 223 Å². The maximum Gasteiger partial charge on any atom is 0.0546 e. The fourth-order valence-electron chi connectivity index (χ4n) is 8.96. The number of benzene rings is 9. The summed E-state index contributed by atoms with van der Waals surface area (Å²) in [7, 11) is 0. The summed E-state index contributed by atoms with van der Waals surface area (Å²) in [4.78, 5) is 4.84. The molecule has 2 nitrogen and oxygen atoms in total. The summed E-state index contributed by atoms with van der Waals surface area (Å²) in [6.07, 6.45) is 6.03. The monoisotopic (exact) mass is 730 g/mol. The number of para-hydroxylation sites is 2. The normalized spacial score (nSPS) is 12.9. The van der Waals surface area contributed by atoms with Gasteiger partial charge in [-0.3, -0.25) is 0 Å². The van der Waals surface area contributed by atoms with Gasteiger partial charge in [-0.2, -0.15) is 0 Å². The highest BCUT2D eigenvalue weighted by Crippen LogP contribution is 2.53. The Labute approximate surface area is 334 Å². The van der Waals surface area contributed by atoms with Gasteiger partial charge in [0.1, 0.15) is 0 Å². The highest BCUT2D eigenvalue weighted by molar-refractivity contribution is 6.14. The third-order valence-electron chi connectivity index (χ3n) is 11.7. The third kappa shape index (κ3) is 5.81. The molecule has 1 aliphatic rings. The summed E-state index contributed by atoms with van der Waals surface area (Å²) < 4.78 is 0. The van der Waals surface area contributed by atoms with Gasteiger partial charge in [0.05, 0.1) is 11.4 Å². The molecule has 0 radical (unpaired) electrons. The fraction of sp³-hybridized carbons (Fsp3) is 0.0545. The molecule has 0 amide bonds. The zero-order chi connectivity index (χ0) is 38.5. The SMILES string of the molecule is C=C/C=C\c1cc2ccccc2cc1N(c1ccccc1)c1ccc2c(c1)C(C)(C)c1cc(N(c3ccccc3)c3cc4ccccc4c4ccccc34)ccc1-2. The molecule has 0 unspecified atom stereocenters. The van der Waals surface area contributed by atoms with Crippen molar-refractivity contribution in [2.75, 3.05) is 9.80 Å². The van der Waals surface area contributed by atoms with Gasteiger partial charge in [-0.25, -0.2) is 0 Å². The van der Waals surface area contributed by atoms with E-state index in [-0.39, 0.29) is 5.41 Å². The van der Waals surface area contributed by atoms with Crippen LogP contribution in [0.2, 0.25) is 0 Å². The smallest absolute Gasteiger partial charge is 0.0546 e. The Kier molecular flexibility index (Phi) is 8.34. The second-order valence-electron chi connectivity index (χ2n) is 15.4. The van der Waals surface area contributed by atoms with Crippen LogP contribution >= 0.6 is 0 Å². The first-order valence-corrected chi connectivity index (χ1v) is 19.7. The van der Waals surface area contributed by atoms with E-state index in [2.05, 4.69) is 224 Å². The number of fused-ring (bicyclic) bond motifs is 7. The van der Waals surface area contributed by atoms with Crippen molar-refractivity contribution in [1.29, 1.82) is 0 Å². The Bertz CT molecular complexity index is 3010. The van der Waals surface area contributed by atoms with E-state index >= 15 is 0 Å². The van der Waals surface area contributed by atoms with Gasteiger partial charge >= 0.3 is 0 Å². The predicted molar refractivity (Wildman–Crippen MR) is 245 cm³/mol. The quantitative estimate of drug-likeness (QED) is 0.113. The number of rotatable bonds is 8. The molecule has 9 aromatic rings. The Morgan fingerprint density at radius 3 is 1.49 bits per heavy atom. The van der Waals surface area contributed by atoms with E-state index in [1.54, 1.807) is 0 Å². The summed E-state index contributed by atoms with van der Waals surface area (Å²) >= 11 is 0. The highest BCUT2D eigenvalue weighted by Gasteiger charge is 2.37. The molecule has 2 heteroatoms. The first-order valence-electron chi connectivity index (χ1n) is 19.7. The van der Waals surface area contributed by atoms with Gasteiger partial charge < -0.3 is 9.80 Å². The highest BCUT2D eigenvalue weighted by atomic mass is 15.1. The number of nitrogens with zero attached hydrogens (tertiary/aromatic N) is 2. The van der Waals surface area contributed by atoms with E-state index < -0.39 is 0 Å². The fourth-order valence-corrected chi connectivity index (χ4v) is 8.96. The zero-order valence-corrected chi connectivity index (χ0v) is 32.2. The Morgan fingerprint density at radius 2 is 0.895 bits per heavy atom. The van der Waals surface area contributed by atoms with Gasteiger partial charge in [0.2, 0.25) is 0 Å². The molecule has 0 aliphatic heterocycles. The second-order valence-corrected chi connectivity index (χ2v) is 15.4. The Morgan fingerprint density at radius 1 is 0.421 bits per heavy atom. The van der Waals surface area contributed by atoms with Crippen LogP contribution in [0.3, 0.4) is 0 Å². The lowest BCUT2D eigenvalue weighted by molar-refractivity contribution is 0.660. The van der Waals surface area contributed by atoms with Gasteiger partial charge in [0.15, 0.2) is 0 Å². The first kappa shape index (κ1) is 34.3. The van der Waals surface area contributed by atoms with Crippen LogP contribution < -0.4 is 9.80 Å². The van der Waals surface area contributed by atoms with Gasteiger partial charge in [0, 0.05) is 33.6 Å². The maximum absolute atomic E-state index is 3.98. The van der Waals surface area contributed by atoms with Gasteiger partial charge in [-0.15, -0.1) is 0 Å². The van der Waals surface area contributed by atoms with Crippen molar-refractivity contribution in [3.63, 3.8) is 0 Å². The number of hydrogen-bond acceptors (Lipinski definition) is 2. The maximum atomic E-state index is 3.98. The molecule has 57 heavy (non-hydrogen) atoms. The molecule has 0 heterocycles. The van der Waals surface area contributed by atoms with E-state index in [4.69, 9.17) is 0 Å². The number of allylic oxidation sites excluding steroid dienone is 2. The molecule has 9 aromatic carbocycles. The number of hydrogen-bond donors (Lipinski definition) is 0. The van der Waals surface area contributed by atoms with E-state index in [1.807, 2.05) is 12.2 Å². The summed E-state index contributed by atoms with van der Waals surface area (Å²) in [6, 6.07) is 68.7. The van der Waals surface area contributed by atoms with Crippen molar-refractivity contribution < 1.29 is 0 Å². The lowest BCUT2D eigenvalue weighted by atomic mass is 9.82. The summed E-state index contributed by atoms with van der Waals surface area (Å²) in [5.41, 5.74) is 12.9. The Balaban J connectivity index is 1.13. The van der Waals surface area contributed by atoms with Crippen LogP contribution in [0.25, 0.3) is 49.5 Å². The zero-order valence-electron chi connectivity index (χ0n) is 32.2. The van der Waals surface area contributed by atoms with Crippen LogP contribution in [-0.2, 0) is 5.41 Å². The van der Waals surface area contributed by atoms with Gasteiger partial charge in [0.25, 0.3) is 0 Å². The molecule has 0 atom stereocenters. The first-order chi connectivity index (χ1) is 28.0. The molecule has 0 bridgehead atoms. The molecule has 0 fully saturated rings. The molecular formula is C55H42N2. The number of anilines is 6. The van der Waals surface area contributed by atoms with Crippen molar-refractivity contribution in [2.45, 2.75) is 19.3 Å². The van der Waals surface area contributed by atoms with E-state index in [0.29, 0.717) is 0 Å². The van der Waals surface area contributed by atoms with Gasteiger partial charge in [-0.05, 0) is 121 Å². The standard InChI is InChI=1S/C55H42N2/c1-4-5-18-41-33-38-19-12-13-20-39(38)34-53(41)56(42-22-8-6-9-23-42)44-29-31-48-49-32-30-45(37-52(49)55(2,3)51(48)36-44)57(43-24-10-7-11-25-43)54-35-40-21-14-15-26-46(40)47-27-16-17-28-50(47)54/h4-37H,1H2,2-3H3/b18-5-. The second kappa shape index (κ2) is 13.8. The van der Waals surface area contributed by atoms with E-state index in [0.717, 1.165) is 34.0 Å². The van der Waals surface area contributed by atoms with Crippen molar-refractivity contribution in [3.8, 4) is 11.1 Å². The predicted octanol–water partition coefficient (Wildman–Crippen LogP) is 15.6. The van der Waals surface area contributed by atoms with Crippen molar-refractivity contribution in [1.82, 2.24) is 0 Å². The van der Waals surface area contributed by atoms with Crippen LogP contribution in [0.5, 0.6) is 0 Å². The minimum atomic E-state index is -0.262. The van der Waals surface area contributed by atoms with Crippen LogP contribution in [0.1, 0.15) is 30.5 Å². The minimum Gasteiger partial charge on any atom is -0.310 e. The van der Waals surface area contributed by atoms with Crippen LogP contribution in [0.4, 0.5) is 34.1 Å². The topological polar surface area (TPSA) is 6.48 Å². The van der Waals surface area contributed by atoms with E-state index in [1.165, 1.54) is 60.3 Å². The largest absolute Gasteiger partial charge is 0.310 e. The van der Waals surface area contributed by atoms with Crippen molar-refractivity contribution in [2.24, 2.45) is 0 Å². The Hall–Kier alpha value is -7.16. The lowest BCUT2D eigenvalue weighted by Crippen LogP contribution is -2.18. The average Bonchev–Trinajstić information content (AvgIpc) is 3.48. The van der Waals surface area contributed by atoms with Crippen LogP contribution in [0, 0.1) is 0 Å². The molecule has 0 aromatic heterocycles. The van der Waals surface area contributed by atoms with Crippen molar-refractivity contribution >= 4 is 72.5 Å². The van der Waals surface area contributed by atoms with E-state index in [9.17, 15) is 0 Å². The van der Waals surface area contributed by atoms with Crippen LogP contribution in [0.15, 0.2) is 207 Å². The molecule has 0 saturated carbocycles. The van der Waals surface area contributed by atoms with Gasteiger partial charge in [-0.1, -0.05) is 160 Å². The molecule has 1 aliphatic carbocycles. The molecule has 0 N–H and O–H groups in total. The van der Waals surface area contributed by atoms with Crippen LogP contribution in [-0.4, -0.2) is 0 Å². The average molecular weight is 731 g/mol. The molecule has 272 valence electrons. The summed E-state index contributed by atoms with van der Waals surface area (Å²) in [5.74, 6) is 0. The third-order valence-corrected chi connectivity index (χ3v) is 11.7. The molecule has 10 rings (SSSR count). The summed E-state index contributed by atoms with van der Waals surface area (Å²) in [5, 5.41) is 7.39. The molecular weight excluding hydrogens is 689 g/mol. The minimum absolute atomic E-state index is 0.262. The lowest BCUT2D eigenvalue weighted by Gasteiger charge is -2.30.